The molecule has 2 rings (SSSR count). The van der Waals surface area contributed by atoms with Crippen LogP contribution < -0.4 is 5.32 Å². The Morgan fingerprint density at radius 1 is 1.64 bits per heavy atom. The molecular weight excluding hydrogens is 158 g/mol. The minimum Gasteiger partial charge on any atom is -0.384 e. The third kappa shape index (κ3) is 1.20. The van der Waals surface area contributed by atoms with Gasteiger partial charge in [-0.15, -0.1) is 0 Å². The van der Waals surface area contributed by atoms with E-state index in [1.807, 2.05) is 16.8 Å². The van der Waals surface area contributed by atoms with E-state index in [-0.39, 0.29) is 0 Å². The Morgan fingerprint density at radius 3 is 3.09 bits per heavy atom. The molecule has 1 aliphatic heterocycles. The van der Waals surface area contributed by atoms with E-state index in [0.717, 1.165) is 18.5 Å². The lowest BCUT2D eigenvalue weighted by Crippen LogP contribution is -2.27. The molecular formula is C8H11NOS. The smallest absolute Gasteiger partial charge is 0.104 e. The Hall–Kier alpha value is -0.380. The van der Waals surface area contributed by atoms with E-state index in [2.05, 4.69) is 5.32 Å². The second-order valence-corrected chi connectivity index (χ2v) is 3.75. The second kappa shape index (κ2) is 2.59. The number of rotatable bonds is 1. The summed E-state index contributed by atoms with van der Waals surface area (Å²) in [4.78, 5) is 0. The van der Waals surface area contributed by atoms with E-state index < -0.39 is 5.60 Å². The van der Waals surface area contributed by atoms with E-state index in [0.29, 0.717) is 6.54 Å². The van der Waals surface area contributed by atoms with Crippen molar-refractivity contribution < 1.29 is 5.11 Å². The van der Waals surface area contributed by atoms with Gasteiger partial charge in [-0.05, 0) is 35.4 Å². The topological polar surface area (TPSA) is 32.3 Å². The van der Waals surface area contributed by atoms with Crippen molar-refractivity contribution in [3.05, 3.63) is 22.4 Å². The van der Waals surface area contributed by atoms with E-state index in [1.54, 1.807) is 11.3 Å². The molecule has 1 unspecified atom stereocenters. The van der Waals surface area contributed by atoms with Gasteiger partial charge in [0.05, 0.1) is 0 Å². The summed E-state index contributed by atoms with van der Waals surface area (Å²) in [5.41, 5.74) is 0.479. The number of nitrogens with one attached hydrogen (secondary N) is 1. The largest absolute Gasteiger partial charge is 0.384 e. The molecule has 1 atom stereocenters. The average molecular weight is 169 g/mol. The van der Waals surface area contributed by atoms with Crippen LogP contribution in [0.2, 0.25) is 0 Å². The van der Waals surface area contributed by atoms with Gasteiger partial charge in [0.25, 0.3) is 0 Å². The number of hydrogen-bond acceptors (Lipinski definition) is 3. The fraction of sp³-hybridized carbons (Fsp3) is 0.500. The zero-order valence-corrected chi connectivity index (χ0v) is 7.03. The fourth-order valence-corrected chi connectivity index (χ4v) is 2.20. The van der Waals surface area contributed by atoms with Crippen molar-refractivity contribution in [2.24, 2.45) is 0 Å². The maximum Gasteiger partial charge on any atom is 0.104 e. The summed E-state index contributed by atoms with van der Waals surface area (Å²) in [6.45, 7) is 1.62. The molecule has 0 amide bonds. The average Bonchev–Trinajstić information content (AvgIpc) is 2.55. The van der Waals surface area contributed by atoms with Crippen molar-refractivity contribution in [3.63, 3.8) is 0 Å². The number of thiophene rings is 1. The first-order valence-electron chi connectivity index (χ1n) is 3.77. The van der Waals surface area contributed by atoms with Gasteiger partial charge in [0.15, 0.2) is 0 Å². The second-order valence-electron chi connectivity index (χ2n) is 2.97. The highest BCUT2D eigenvalue weighted by atomic mass is 32.1. The third-order valence-corrected chi connectivity index (χ3v) is 2.87. The maximum atomic E-state index is 10.00. The van der Waals surface area contributed by atoms with Gasteiger partial charge in [0.2, 0.25) is 0 Å². The van der Waals surface area contributed by atoms with Crippen LogP contribution in [0.5, 0.6) is 0 Å². The van der Waals surface area contributed by atoms with Crippen LogP contribution in [0, 0.1) is 0 Å². The van der Waals surface area contributed by atoms with Crippen molar-refractivity contribution in [3.8, 4) is 0 Å². The standard InChI is InChI=1S/C8H11NOS/c10-8(2-3-9-6-8)7-1-4-11-5-7/h1,4-5,9-10H,2-3,6H2. The predicted molar refractivity (Wildman–Crippen MR) is 45.7 cm³/mol. The van der Waals surface area contributed by atoms with Crippen LogP contribution in [-0.2, 0) is 5.60 Å². The number of hydrogen-bond donors (Lipinski definition) is 2. The number of aliphatic hydroxyl groups is 1. The van der Waals surface area contributed by atoms with Crippen molar-refractivity contribution in [1.29, 1.82) is 0 Å². The van der Waals surface area contributed by atoms with E-state index in [4.69, 9.17) is 0 Å². The summed E-state index contributed by atoms with van der Waals surface area (Å²) in [6.07, 6.45) is 0.837. The van der Waals surface area contributed by atoms with E-state index in [9.17, 15) is 5.11 Å². The Morgan fingerprint density at radius 2 is 2.55 bits per heavy atom. The maximum absolute atomic E-state index is 10.00. The van der Waals surface area contributed by atoms with Crippen molar-refractivity contribution in [1.82, 2.24) is 5.32 Å². The monoisotopic (exact) mass is 169 g/mol. The van der Waals surface area contributed by atoms with E-state index in [1.165, 1.54) is 0 Å². The van der Waals surface area contributed by atoms with Crippen LogP contribution in [0.3, 0.4) is 0 Å². The molecule has 0 aromatic carbocycles. The molecule has 1 aromatic rings. The van der Waals surface area contributed by atoms with Crippen LogP contribution >= 0.6 is 11.3 Å². The van der Waals surface area contributed by atoms with Gasteiger partial charge in [-0.2, -0.15) is 11.3 Å². The molecule has 0 radical (unpaired) electrons. The lowest BCUT2D eigenvalue weighted by molar-refractivity contribution is 0.0592. The van der Waals surface area contributed by atoms with Crippen LogP contribution in [0.1, 0.15) is 12.0 Å². The summed E-state index contributed by atoms with van der Waals surface area (Å²) < 4.78 is 0. The summed E-state index contributed by atoms with van der Waals surface area (Å²) in [7, 11) is 0. The van der Waals surface area contributed by atoms with Gasteiger partial charge in [0, 0.05) is 6.54 Å². The van der Waals surface area contributed by atoms with Gasteiger partial charge in [-0.3, -0.25) is 0 Å². The summed E-state index contributed by atoms with van der Waals surface area (Å²) >= 11 is 1.64. The zero-order chi connectivity index (χ0) is 7.73. The van der Waals surface area contributed by atoms with Crippen LogP contribution in [0.25, 0.3) is 0 Å². The first-order valence-corrected chi connectivity index (χ1v) is 4.71. The van der Waals surface area contributed by atoms with Crippen LogP contribution in [-0.4, -0.2) is 18.2 Å². The Kier molecular flexibility index (Phi) is 1.71. The zero-order valence-electron chi connectivity index (χ0n) is 6.21. The summed E-state index contributed by atoms with van der Waals surface area (Å²) in [6, 6.07) is 2.00. The SMILES string of the molecule is OC1(c2ccsc2)CCNC1. The van der Waals surface area contributed by atoms with Gasteiger partial charge in [-0.1, -0.05) is 0 Å². The van der Waals surface area contributed by atoms with Crippen molar-refractivity contribution in [2.45, 2.75) is 12.0 Å². The Balaban J connectivity index is 2.27. The molecule has 3 heteroatoms. The quantitative estimate of drug-likeness (QED) is 0.655. The van der Waals surface area contributed by atoms with Crippen molar-refractivity contribution >= 4 is 11.3 Å². The molecule has 2 N–H and O–H groups in total. The molecule has 11 heavy (non-hydrogen) atoms. The lowest BCUT2D eigenvalue weighted by Gasteiger charge is -2.19. The molecule has 2 heterocycles. The molecule has 0 bridgehead atoms. The van der Waals surface area contributed by atoms with Crippen LogP contribution in [0.4, 0.5) is 0 Å². The lowest BCUT2D eigenvalue weighted by atomic mass is 9.96. The molecule has 60 valence electrons. The van der Waals surface area contributed by atoms with Gasteiger partial charge in [-0.25, -0.2) is 0 Å². The van der Waals surface area contributed by atoms with E-state index >= 15 is 0 Å². The predicted octanol–water partition coefficient (Wildman–Crippen LogP) is 0.929. The molecule has 1 fully saturated rings. The van der Waals surface area contributed by atoms with Gasteiger partial charge < -0.3 is 10.4 Å². The van der Waals surface area contributed by atoms with Crippen molar-refractivity contribution in [2.75, 3.05) is 13.1 Å². The highest BCUT2D eigenvalue weighted by Crippen LogP contribution is 2.28. The molecule has 0 aliphatic carbocycles. The summed E-state index contributed by atoms with van der Waals surface area (Å²) in [5, 5.41) is 17.2. The molecule has 1 aliphatic rings. The Labute approximate surface area is 69.9 Å². The summed E-state index contributed by atoms with van der Waals surface area (Å²) in [5.74, 6) is 0. The molecule has 1 aromatic heterocycles. The third-order valence-electron chi connectivity index (χ3n) is 2.19. The van der Waals surface area contributed by atoms with Gasteiger partial charge >= 0.3 is 0 Å². The number of β-amino-alcohol motifs (C(OH)–C–C–N with tert-alkyl or cyclic N) is 1. The molecule has 0 saturated carbocycles. The van der Waals surface area contributed by atoms with Gasteiger partial charge in [0.1, 0.15) is 5.60 Å². The first kappa shape index (κ1) is 7.28. The Bertz CT molecular complexity index is 226. The van der Waals surface area contributed by atoms with Crippen LogP contribution in [0.15, 0.2) is 16.8 Å². The molecule has 0 spiro atoms. The molecule has 2 nitrogen and oxygen atoms in total. The first-order chi connectivity index (χ1) is 5.31. The highest BCUT2D eigenvalue weighted by Gasteiger charge is 2.32. The minimum atomic E-state index is -0.583. The normalized spacial score (nSPS) is 31.0. The highest BCUT2D eigenvalue weighted by molar-refractivity contribution is 7.08. The molecule has 1 saturated heterocycles. The minimum absolute atomic E-state index is 0.583. The fourth-order valence-electron chi connectivity index (χ4n) is 1.45.